The average Bonchev–Trinajstić information content (AvgIpc) is 2.92. The van der Waals surface area contributed by atoms with Gasteiger partial charge in [0, 0.05) is 0 Å². The molecule has 18 heavy (non-hydrogen) atoms. The van der Waals surface area contributed by atoms with Gasteiger partial charge >= 0.3 is 113 Å². The van der Waals surface area contributed by atoms with Crippen LogP contribution in [0.3, 0.4) is 0 Å². The zero-order valence-corrected chi connectivity index (χ0v) is 17.3. The van der Waals surface area contributed by atoms with Crippen molar-refractivity contribution in [2.75, 3.05) is 0 Å². The minimum atomic E-state index is -0.656. The first-order chi connectivity index (χ1) is 7.79. The van der Waals surface area contributed by atoms with E-state index in [1.165, 1.54) is 6.42 Å². The molecule has 2 aliphatic carbocycles. The van der Waals surface area contributed by atoms with Crippen LogP contribution in [0.1, 0.15) is 20.3 Å². The van der Waals surface area contributed by atoms with Crippen molar-refractivity contribution >= 4 is 9.52 Å². The molecule has 2 aliphatic rings. The molecule has 2 rings (SSSR count). The molecule has 0 heterocycles. The third-order valence-corrected chi connectivity index (χ3v) is 12.3. The summed E-state index contributed by atoms with van der Waals surface area (Å²) in [6, 6.07) is 0. The second kappa shape index (κ2) is 9.30. The Morgan fingerprint density at radius 2 is 2.11 bits per heavy atom. The minimum Gasteiger partial charge on any atom is -1.00 e. The molecule has 0 nitrogen and oxygen atoms in total. The van der Waals surface area contributed by atoms with E-state index in [9.17, 15) is 0 Å². The Morgan fingerprint density at radius 1 is 1.33 bits per heavy atom. The molecule has 0 aromatic rings. The maximum atomic E-state index is 2.45. The van der Waals surface area contributed by atoms with Crippen LogP contribution in [-0.4, -0.2) is 9.52 Å². The van der Waals surface area contributed by atoms with Gasteiger partial charge in [0.2, 0.25) is 0 Å². The Kier molecular flexibility index (Phi) is 9.49. The molecule has 0 aliphatic heterocycles. The summed E-state index contributed by atoms with van der Waals surface area (Å²) in [7, 11) is -0.0662. The predicted molar refractivity (Wildman–Crippen MR) is 70.8 cm³/mol. The molecule has 0 aromatic heterocycles. The molecule has 0 aromatic carbocycles. The van der Waals surface area contributed by atoms with E-state index in [4.69, 9.17) is 0 Å². The summed E-state index contributed by atoms with van der Waals surface area (Å²) >= 11 is -0.656. The largest absolute Gasteiger partial charge is 1.00 e. The Labute approximate surface area is 136 Å². The molecule has 4 heteroatoms. The predicted octanol–water partition coefficient (Wildman–Crippen LogP) is -2.74. The Bertz CT molecular complexity index is 420. The SMILES string of the molecule is C/C=C(\C)[SiH2]C1C=CC=[C]1[Hf+2][C]1=CC=CC1.[Cl-].[Cl-]. The van der Waals surface area contributed by atoms with Crippen LogP contribution in [0.5, 0.6) is 0 Å². The maximum Gasteiger partial charge on any atom is -1.00 e. The van der Waals surface area contributed by atoms with Crippen molar-refractivity contribution in [3.8, 4) is 0 Å². The minimum absolute atomic E-state index is 0. The van der Waals surface area contributed by atoms with Crippen molar-refractivity contribution in [1.82, 2.24) is 0 Å². The zero-order valence-electron chi connectivity index (χ0n) is 10.8. The fourth-order valence-corrected chi connectivity index (χ4v) is 9.96. The Morgan fingerprint density at radius 3 is 2.72 bits per heavy atom. The van der Waals surface area contributed by atoms with E-state index in [1.54, 1.807) is 8.53 Å². The number of rotatable bonds is 4. The van der Waals surface area contributed by atoms with Gasteiger partial charge in [-0.1, -0.05) is 0 Å². The van der Waals surface area contributed by atoms with Crippen molar-refractivity contribution in [2.45, 2.75) is 25.8 Å². The fourth-order valence-electron chi connectivity index (χ4n) is 2.02. The number of allylic oxidation sites excluding steroid dienone is 10. The molecule has 0 N–H and O–H groups in total. The summed E-state index contributed by atoms with van der Waals surface area (Å²) in [6.45, 7) is 4.48. The van der Waals surface area contributed by atoms with Gasteiger partial charge in [-0.05, 0) is 0 Å². The van der Waals surface area contributed by atoms with Crippen molar-refractivity contribution < 1.29 is 47.7 Å². The topological polar surface area (TPSA) is 0 Å². The van der Waals surface area contributed by atoms with Crippen LogP contribution < -0.4 is 24.8 Å². The smallest absolute Gasteiger partial charge is 1.00 e. The standard InChI is InChI=1S/C9H13Si.C5H5.2ClH.Hf/c1-3-8(2)10-9-6-4-5-7-9;1-2-4-5-3-1;;;/h3-6,9H,10H2,1-2H3;1-3H,4H2;2*1H;/q;;;;+2/p-2/b8-3+;;;;. The van der Waals surface area contributed by atoms with Crippen LogP contribution in [-0.2, 0) is 22.9 Å². The third kappa shape index (κ3) is 5.16. The number of hydrogen-bond donors (Lipinski definition) is 0. The van der Waals surface area contributed by atoms with Crippen LogP contribution >= 0.6 is 0 Å². The van der Waals surface area contributed by atoms with Gasteiger partial charge < -0.3 is 24.8 Å². The zero-order chi connectivity index (χ0) is 11.4. The summed E-state index contributed by atoms with van der Waals surface area (Å²) in [5.41, 5.74) is 0.862. The summed E-state index contributed by atoms with van der Waals surface area (Å²) < 4.78 is 3.61. The molecular weight excluding hydrogens is 446 g/mol. The van der Waals surface area contributed by atoms with Gasteiger partial charge in [-0.15, -0.1) is 0 Å². The van der Waals surface area contributed by atoms with Crippen molar-refractivity contribution in [1.29, 1.82) is 0 Å². The van der Waals surface area contributed by atoms with Crippen molar-refractivity contribution in [2.24, 2.45) is 0 Å². The van der Waals surface area contributed by atoms with Gasteiger partial charge in [-0.25, -0.2) is 0 Å². The van der Waals surface area contributed by atoms with Gasteiger partial charge in [0.05, 0.1) is 0 Å². The monoisotopic (exact) mass is 464 g/mol. The summed E-state index contributed by atoms with van der Waals surface area (Å²) in [5, 5.41) is 1.66. The molecule has 96 valence electrons. The molecule has 0 radical (unpaired) electrons. The Balaban J connectivity index is 0.00000144. The summed E-state index contributed by atoms with van der Waals surface area (Å²) in [4.78, 5) is 0. The molecule has 0 spiro atoms. The fraction of sp³-hybridized carbons (Fsp3) is 0.286. The van der Waals surface area contributed by atoms with E-state index in [1.807, 2.05) is 3.33 Å². The van der Waals surface area contributed by atoms with Crippen molar-refractivity contribution in [3.05, 3.63) is 54.4 Å². The average molecular weight is 464 g/mol. The van der Waals surface area contributed by atoms with Gasteiger partial charge in [0.15, 0.2) is 0 Å². The third-order valence-electron chi connectivity index (χ3n) is 3.13. The number of halogens is 2. The number of hydrogen-bond acceptors (Lipinski definition) is 0. The van der Waals surface area contributed by atoms with Crippen LogP contribution in [0.15, 0.2) is 54.4 Å². The van der Waals surface area contributed by atoms with Gasteiger partial charge in [0.1, 0.15) is 0 Å². The van der Waals surface area contributed by atoms with E-state index >= 15 is 0 Å². The molecule has 0 fully saturated rings. The van der Waals surface area contributed by atoms with E-state index in [0.29, 0.717) is 0 Å². The van der Waals surface area contributed by atoms with Crippen LogP contribution in [0.4, 0.5) is 0 Å². The molecule has 0 bridgehead atoms. The quantitative estimate of drug-likeness (QED) is 0.397. The van der Waals surface area contributed by atoms with E-state index in [-0.39, 0.29) is 34.3 Å². The molecule has 1 atom stereocenters. The van der Waals surface area contributed by atoms with Crippen LogP contribution in [0.25, 0.3) is 0 Å². The van der Waals surface area contributed by atoms with E-state index in [2.05, 4.69) is 56.4 Å². The van der Waals surface area contributed by atoms with Crippen molar-refractivity contribution in [3.63, 3.8) is 0 Å². The maximum absolute atomic E-state index is 2.45. The van der Waals surface area contributed by atoms with E-state index in [0.717, 1.165) is 5.54 Å². The van der Waals surface area contributed by atoms with Crippen LogP contribution in [0.2, 0.25) is 5.54 Å². The molecule has 0 amide bonds. The molecule has 0 saturated heterocycles. The molecule has 0 saturated carbocycles. The normalized spacial score (nSPS) is 21.4. The van der Waals surface area contributed by atoms with Gasteiger partial charge in [-0.3, -0.25) is 0 Å². The first-order valence-corrected chi connectivity index (χ1v) is 11.0. The first-order valence-electron chi connectivity index (χ1n) is 5.92. The second-order valence-corrected chi connectivity index (χ2v) is 12.1. The van der Waals surface area contributed by atoms with Gasteiger partial charge in [-0.2, -0.15) is 0 Å². The second-order valence-electron chi connectivity index (χ2n) is 4.40. The summed E-state index contributed by atoms with van der Waals surface area (Å²) in [6.07, 6.45) is 17.6. The first kappa shape index (κ1) is 18.4. The van der Waals surface area contributed by atoms with E-state index < -0.39 is 22.9 Å². The molecular formula is C14H18Cl2HfSi. The van der Waals surface area contributed by atoms with Gasteiger partial charge in [0.25, 0.3) is 0 Å². The Hall–Kier alpha value is 0.367. The molecule has 1 unspecified atom stereocenters. The summed E-state index contributed by atoms with van der Waals surface area (Å²) in [5.74, 6) is 0. The van der Waals surface area contributed by atoms with Crippen LogP contribution in [0, 0.1) is 0 Å².